The average Bonchev–Trinajstić information content (AvgIpc) is 3.24. The molecule has 0 aliphatic heterocycles. The third-order valence-corrected chi connectivity index (χ3v) is 5.56. The van der Waals surface area contributed by atoms with E-state index in [2.05, 4.69) is 15.8 Å². The van der Waals surface area contributed by atoms with Gasteiger partial charge >= 0.3 is 6.18 Å². The molecule has 0 fully saturated rings. The SMILES string of the molecule is O=C(NNc1ccc(C(F)(F)F)cc1)c1cn(-c2ccc(Cl)cc2)c(-c2cc(Cl)ccc2Cl)n1. The summed E-state index contributed by atoms with van der Waals surface area (Å²) in [7, 11) is 0. The zero-order valence-corrected chi connectivity index (χ0v) is 19.3. The molecule has 0 unspecified atom stereocenters. The topological polar surface area (TPSA) is 59.0 Å². The molecule has 0 radical (unpaired) electrons. The molecule has 1 aromatic heterocycles. The molecular formula is C23H14Cl3F3N4O. The Morgan fingerprint density at radius 1 is 0.882 bits per heavy atom. The largest absolute Gasteiger partial charge is 0.416 e. The molecule has 34 heavy (non-hydrogen) atoms. The van der Waals surface area contributed by atoms with Crippen LogP contribution in [0.1, 0.15) is 16.1 Å². The summed E-state index contributed by atoms with van der Waals surface area (Å²) in [5.74, 6) is -0.262. The van der Waals surface area contributed by atoms with Gasteiger partial charge in [-0.15, -0.1) is 0 Å². The van der Waals surface area contributed by atoms with Gasteiger partial charge in [0.2, 0.25) is 0 Å². The lowest BCUT2D eigenvalue weighted by molar-refractivity contribution is -0.137. The minimum absolute atomic E-state index is 0.0282. The van der Waals surface area contributed by atoms with E-state index in [9.17, 15) is 18.0 Å². The van der Waals surface area contributed by atoms with Crippen LogP contribution >= 0.6 is 34.8 Å². The van der Waals surface area contributed by atoms with Gasteiger partial charge in [-0.05, 0) is 66.7 Å². The quantitative estimate of drug-likeness (QED) is 0.269. The number of anilines is 1. The highest BCUT2D eigenvalue weighted by atomic mass is 35.5. The van der Waals surface area contributed by atoms with Crippen LogP contribution in [0.4, 0.5) is 18.9 Å². The first-order valence-corrected chi connectivity index (χ1v) is 10.8. The van der Waals surface area contributed by atoms with Crippen LogP contribution in [0.2, 0.25) is 15.1 Å². The van der Waals surface area contributed by atoms with Crippen LogP contribution in [-0.2, 0) is 6.18 Å². The fourth-order valence-electron chi connectivity index (χ4n) is 3.08. The Labute approximate surface area is 207 Å². The van der Waals surface area contributed by atoms with E-state index in [0.29, 0.717) is 32.1 Å². The molecule has 2 N–H and O–H groups in total. The highest BCUT2D eigenvalue weighted by Gasteiger charge is 2.30. The summed E-state index contributed by atoms with van der Waals surface area (Å²) >= 11 is 18.5. The van der Waals surface area contributed by atoms with Crippen molar-refractivity contribution in [1.29, 1.82) is 0 Å². The number of hydrogen-bond acceptors (Lipinski definition) is 3. The molecule has 4 rings (SSSR count). The van der Waals surface area contributed by atoms with Gasteiger partial charge in [-0.1, -0.05) is 34.8 Å². The van der Waals surface area contributed by atoms with Crippen molar-refractivity contribution in [2.45, 2.75) is 6.18 Å². The zero-order valence-electron chi connectivity index (χ0n) is 17.0. The van der Waals surface area contributed by atoms with Gasteiger partial charge in [0.1, 0.15) is 11.5 Å². The molecule has 0 atom stereocenters. The molecule has 0 aliphatic carbocycles. The maximum Gasteiger partial charge on any atom is 0.416 e. The molecule has 0 saturated carbocycles. The third-order valence-electron chi connectivity index (χ3n) is 4.75. The number of hydrazine groups is 1. The molecule has 1 heterocycles. The van der Waals surface area contributed by atoms with Crippen molar-refractivity contribution < 1.29 is 18.0 Å². The lowest BCUT2D eigenvalue weighted by Crippen LogP contribution is -2.29. The number of hydrogen-bond donors (Lipinski definition) is 2. The highest BCUT2D eigenvalue weighted by Crippen LogP contribution is 2.32. The second kappa shape index (κ2) is 9.58. The van der Waals surface area contributed by atoms with Crippen molar-refractivity contribution in [2.24, 2.45) is 0 Å². The smallest absolute Gasteiger partial charge is 0.299 e. The highest BCUT2D eigenvalue weighted by molar-refractivity contribution is 6.35. The van der Waals surface area contributed by atoms with Gasteiger partial charge in [-0.2, -0.15) is 13.2 Å². The lowest BCUT2D eigenvalue weighted by Gasteiger charge is -2.09. The number of alkyl halides is 3. The van der Waals surface area contributed by atoms with E-state index in [0.717, 1.165) is 12.1 Å². The van der Waals surface area contributed by atoms with E-state index in [4.69, 9.17) is 34.8 Å². The maximum absolute atomic E-state index is 12.8. The third kappa shape index (κ3) is 5.30. The van der Waals surface area contributed by atoms with E-state index >= 15 is 0 Å². The number of amides is 1. The van der Waals surface area contributed by atoms with Crippen LogP contribution in [0.25, 0.3) is 17.1 Å². The Morgan fingerprint density at radius 3 is 2.18 bits per heavy atom. The number of carbonyl (C=O) groups is 1. The van der Waals surface area contributed by atoms with Gasteiger partial charge in [0, 0.05) is 27.5 Å². The summed E-state index contributed by atoms with van der Waals surface area (Å²) in [5.41, 5.74) is 5.66. The van der Waals surface area contributed by atoms with Crippen LogP contribution in [0.15, 0.2) is 72.9 Å². The summed E-state index contributed by atoms with van der Waals surface area (Å²) in [4.78, 5) is 17.2. The molecule has 5 nitrogen and oxygen atoms in total. The average molecular weight is 526 g/mol. The van der Waals surface area contributed by atoms with E-state index in [1.165, 1.54) is 18.3 Å². The molecule has 1 amide bonds. The molecule has 3 aromatic carbocycles. The molecule has 174 valence electrons. The van der Waals surface area contributed by atoms with Crippen LogP contribution in [-0.4, -0.2) is 15.5 Å². The van der Waals surface area contributed by atoms with E-state index < -0.39 is 17.6 Å². The molecular weight excluding hydrogens is 512 g/mol. The number of nitrogens with zero attached hydrogens (tertiary/aromatic N) is 2. The maximum atomic E-state index is 12.8. The van der Waals surface area contributed by atoms with Gasteiger partial charge in [-0.25, -0.2) is 4.98 Å². The van der Waals surface area contributed by atoms with Gasteiger partial charge in [0.05, 0.1) is 16.3 Å². The van der Waals surface area contributed by atoms with Crippen molar-refractivity contribution in [3.63, 3.8) is 0 Å². The Morgan fingerprint density at radius 2 is 1.53 bits per heavy atom. The minimum Gasteiger partial charge on any atom is -0.299 e. The number of carbonyl (C=O) groups excluding carboxylic acids is 1. The Balaban J connectivity index is 1.63. The number of halogens is 6. The number of rotatable bonds is 5. The van der Waals surface area contributed by atoms with Crippen LogP contribution in [0.3, 0.4) is 0 Å². The summed E-state index contributed by atoms with van der Waals surface area (Å²) in [6.45, 7) is 0. The Hall–Kier alpha value is -3.20. The van der Waals surface area contributed by atoms with E-state index in [-0.39, 0.29) is 11.4 Å². The second-order valence-electron chi connectivity index (χ2n) is 7.07. The van der Waals surface area contributed by atoms with Crippen LogP contribution in [0.5, 0.6) is 0 Å². The fourth-order valence-corrected chi connectivity index (χ4v) is 3.58. The normalized spacial score (nSPS) is 11.4. The van der Waals surface area contributed by atoms with Crippen molar-refractivity contribution >= 4 is 46.4 Å². The first-order valence-electron chi connectivity index (χ1n) is 9.66. The predicted molar refractivity (Wildman–Crippen MR) is 127 cm³/mol. The summed E-state index contributed by atoms with van der Waals surface area (Å²) < 4.78 is 39.8. The lowest BCUT2D eigenvalue weighted by atomic mass is 10.2. The number of imidazole rings is 1. The first-order chi connectivity index (χ1) is 16.1. The molecule has 0 spiro atoms. The fraction of sp³-hybridized carbons (Fsp3) is 0.0435. The monoisotopic (exact) mass is 524 g/mol. The standard InChI is InChI=1S/C23H14Cl3F3N4O/c24-14-3-8-17(9-4-14)33-12-20(30-21(33)18-11-15(25)5-10-19(18)26)22(34)32-31-16-6-1-13(2-7-16)23(27,28)29/h1-12,31H,(H,32,34). The summed E-state index contributed by atoms with van der Waals surface area (Å²) in [6.07, 6.45) is -2.95. The van der Waals surface area contributed by atoms with Gasteiger partial charge in [-0.3, -0.25) is 20.2 Å². The minimum atomic E-state index is -4.45. The Bertz CT molecular complexity index is 1340. The van der Waals surface area contributed by atoms with Crippen LogP contribution in [0, 0.1) is 0 Å². The summed E-state index contributed by atoms with van der Waals surface area (Å²) in [5, 5.41) is 1.34. The van der Waals surface area contributed by atoms with Crippen LogP contribution < -0.4 is 10.9 Å². The number of nitrogens with one attached hydrogen (secondary N) is 2. The Kier molecular flexibility index (Phi) is 6.74. The van der Waals surface area contributed by atoms with E-state index in [1.807, 2.05) is 0 Å². The van der Waals surface area contributed by atoms with Crippen molar-refractivity contribution in [3.8, 4) is 17.1 Å². The first kappa shape index (κ1) is 23.9. The summed E-state index contributed by atoms with van der Waals surface area (Å²) in [6, 6.07) is 15.9. The van der Waals surface area contributed by atoms with Gasteiger partial charge in [0.25, 0.3) is 5.91 Å². The van der Waals surface area contributed by atoms with Gasteiger partial charge in [0.15, 0.2) is 0 Å². The predicted octanol–water partition coefficient (Wildman–Crippen LogP) is 7.28. The molecule has 11 heteroatoms. The second-order valence-corrected chi connectivity index (χ2v) is 8.35. The molecule has 0 bridgehead atoms. The van der Waals surface area contributed by atoms with Crippen molar-refractivity contribution in [3.05, 3.63) is 99.3 Å². The number of aromatic nitrogens is 2. The van der Waals surface area contributed by atoms with E-state index in [1.54, 1.807) is 47.0 Å². The zero-order chi connectivity index (χ0) is 24.5. The van der Waals surface area contributed by atoms with Gasteiger partial charge < -0.3 is 0 Å². The molecule has 0 saturated heterocycles. The van der Waals surface area contributed by atoms with Crippen molar-refractivity contribution in [2.75, 3.05) is 5.43 Å². The van der Waals surface area contributed by atoms with Crippen molar-refractivity contribution in [1.82, 2.24) is 15.0 Å². The number of benzene rings is 3. The molecule has 0 aliphatic rings. The molecule has 4 aromatic rings.